The molecule has 1 unspecified atom stereocenters. The number of amides is 3. The van der Waals surface area contributed by atoms with E-state index < -0.39 is 0 Å². The molecule has 0 spiro atoms. The van der Waals surface area contributed by atoms with Gasteiger partial charge in [-0.15, -0.1) is 0 Å². The summed E-state index contributed by atoms with van der Waals surface area (Å²) in [7, 11) is 0. The molecule has 2 saturated heterocycles. The van der Waals surface area contributed by atoms with Crippen molar-refractivity contribution >= 4 is 28.8 Å². The summed E-state index contributed by atoms with van der Waals surface area (Å²) in [5.41, 5.74) is 0.517. The third kappa shape index (κ3) is 2.42. The molecule has 120 valence electrons. The van der Waals surface area contributed by atoms with Gasteiger partial charge >= 0.3 is 0 Å². The van der Waals surface area contributed by atoms with Gasteiger partial charge in [0.2, 0.25) is 12.7 Å². The SMILES string of the molecule is O=C(c1ccc2c(c1)OCO2)N1CCC(N2C(=O)CSC2=O)C1. The van der Waals surface area contributed by atoms with Crippen molar-refractivity contribution in [3.8, 4) is 11.5 Å². The third-order valence-electron chi connectivity index (χ3n) is 4.22. The molecule has 1 aromatic rings. The highest BCUT2D eigenvalue weighted by molar-refractivity contribution is 8.14. The zero-order valence-corrected chi connectivity index (χ0v) is 13.0. The number of likely N-dealkylation sites (tertiary alicyclic amines) is 1. The van der Waals surface area contributed by atoms with E-state index in [-0.39, 0.29) is 35.6 Å². The van der Waals surface area contributed by atoms with E-state index in [0.29, 0.717) is 36.6 Å². The summed E-state index contributed by atoms with van der Waals surface area (Å²) in [6.45, 7) is 1.07. The fourth-order valence-electron chi connectivity index (χ4n) is 3.07. The molecule has 0 bridgehead atoms. The summed E-state index contributed by atoms with van der Waals surface area (Å²) >= 11 is 1.02. The van der Waals surface area contributed by atoms with Crippen LogP contribution in [0.4, 0.5) is 4.79 Å². The van der Waals surface area contributed by atoms with E-state index in [1.165, 1.54) is 4.90 Å². The number of nitrogens with zero attached hydrogens (tertiary/aromatic N) is 2. The number of benzene rings is 1. The zero-order valence-electron chi connectivity index (χ0n) is 12.2. The minimum Gasteiger partial charge on any atom is -0.454 e. The lowest BCUT2D eigenvalue weighted by molar-refractivity contribution is -0.126. The smallest absolute Gasteiger partial charge is 0.289 e. The molecular formula is C15H14N2O5S. The molecule has 0 N–H and O–H groups in total. The lowest BCUT2D eigenvalue weighted by Crippen LogP contribution is -2.41. The highest BCUT2D eigenvalue weighted by Crippen LogP contribution is 2.33. The van der Waals surface area contributed by atoms with E-state index >= 15 is 0 Å². The van der Waals surface area contributed by atoms with Gasteiger partial charge in [-0.25, -0.2) is 0 Å². The minimum absolute atomic E-state index is 0.127. The molecule has 0 aromatic heterocycles. The van der Waals surface area contributed by atoms with Gasteiger partial charge in [0.1, 0.15) is 0 Å². The van der Waals surface area contributed by atoms with Gasteiger partial charge in [0.05, 0.1) is 11.8 Å². The highest BCUT2D eigenvalue weighted by atomic mass is 32.2. The van der Waals surface area contributed by atoms with Gasteiger partial charge in [0.15, 0.2) is 11.5 Å². The van der Waals surface area contributed by atoms with Crippen LogP contribution in [0.15, 0.2) is 18.2 Å². The van der Waals surface area contributed by atoms with Crippen LogP contribution in [0.25, 0.3) is 0 Å². The van der Waals surface area contributed by atoms with E-state index in [9.17, 15) is 14.4 Å². The van der Waals surface area contributed by atoms with Crippen molar-refractivity contribution in [1.29, 1.82) is 0 Å². The molecule has 1 aromatic carbocycles. The third-order valence-corrected chi connectivity index (χ3v) is 5.05. The van der Waals surface area contributed by atoms with Gasteiger partial charge in [0.25, 0.3) is 11.1 Å². The monoisotopic (exact) mass is 334 g/mol. The van der Waals surface area contributed by atoms with Crippen LogP contribution in [-0.2, 0) is 4.79 Å². The maximum atomic E-state index is 12.6. The second-order valence-corrected chi connectivity index (χ2v) is 6.51. The molecule has 0 radical (unpaired) electrons. The van der Waals surface area contributed by atoms with Crippen molar-refractivity contribution in [2.75, 3.05) is 25.6 Å². The first-order valence-corrected chi connectivity index (χ1v) is 8.30. The second-order valence-electron chi connectivity index (χ2n) is 5.58. The minimum atomic E-state index is -0.219. The number of hydrogen-bond acceptors (Lipinski definition) is 6. The Morgan fingerprint density at radius 3 is 2.83 bits per heavy atom. The van der Waals surface area contributed by atoms with E-state index in [1.807, 2.05) is 0 Å². The summed E-state index contributed by atoms with van der Waals surface area (Å²) in [6.07, 6.45) is 0.619. The van der Waals surface area contributed by atoms with Crippen LogP contribution < -0.4 is 9.47 Å². The normalized spacial score (nSPS) is 23.0. The molecule has 7 nitrogen and oxygen atoms in total. The van der Waals surface area contributed by atoms with Crippen LogP contribution in [0.5, 0.6) is 11.5 Å². The Bertz CT molecular complexity index is 691. The Hall–Kier alpha value is -2.22. The fraction of sp³-hybridized carbons (Fsp3) is 0.400. The van der Waals surface area contributed by atoms with Crippen LogP contribution in [0.2, 0.25) is 0 Å². The summed E-state index contributed by atoms with van der Waals surface area (Å²) in [5.74, 6) is 1.10. The number of imide groups is 1. The van der Waals surface area contributed by atoms with Crippen molar-refractivity contribution in [2.24, 2.45) is 0 Å². The van der Waals surface area contributed by atoms with E-state index in [2.05, 4.69) is 0 Å². The standard InChI is InChI=1S/C15H14N2O5S/c18-13-7-23-15(20)17(13)10-3-4-16(6-10)14(19)9-1-2-11-12(5-9)22-8-21-11/h1-2,5,10H,3-4,6-8H2. The number of ether oxygens (including phenoxy) is 2. The quantitative estimate of drug-likeness (QED) is 0.812. The molecule has 3 amide bonds. The Morgan fingerprint density at radius 1 is 1.22 bits per heavy atom. The van der Waals surface area contributed by atoms with Crippen molar-refractivity contribution in [1.82, 2.24) is 9.80 Å². The Morgan fingerprint density at radius 2 is 2.04 bits per heavy atom. The average Bonchev–Trinajstić information content (AvgIpc) is 3.26. The first-order valence-electron chi connectivity index (χ1n) is 7.31. The number of fused-ring (bicyclic) bond motifs is 1. The van der Waals surface area contributed by atoms with Gasteiger partial charge in [0, 0.05) is 18.7 Å². The number of thioether (sulfide) groups is 1. The molecule has 4 rings (SSSR count). The predicted octanol–water partition coefficient (Wildman–Crippen LogP) is 1.33. The molecule has 3 aliphatic rings. The number of hydrogen-bond donors (Lipinski definition) is 0. The molecule has 23 heavy (non-hydrogen) atoms. The highest BCUT2D eigenvalue weighted by Gasteiger charge is 2.40. The maximum absolute atomic E-state index is 12.6. The summed E-state index contributed by atoms with van der Waals surface area (Å²) < 4.78 is 10.5. The predicted molar refractivity (Wildman–Crippen MR) is 81.6 cm³/mol. The van der Waals surface area contributed by atoms with Crippen molar-refractivity contribution in [3.05, 3.63) is 23.8 Å². The Labute approximate surface area is 136 Å². The van der Waals surface area contributed by atoms with Crippen molar-refractivity contribution in [3.63, 3.8) is 0 Å². The molecule has 0 aliphatic carbocycles. The van der Waals surface area contributed by atoms with Gasteiger partial charge in [-0.3, -0.25) is 19.3 Å². The van der Waals surface area contributed by atoms with Crippen LogP contribution in [-0.4, -0.2) is 58.5 Å². The maximum Gasteiger partial charge on any atom is 0.289 e. The van der Waals surface area contributed by atoms with Crippen LogP contribution in [0, 0.1) is 0 Å². The lowest BCUT2D eigenvalue weighted by atomic mass is 10.2. The Kier molecular flexibility index (Phi) is 3.41. The van der Waals surface area contributed by atoms with E-state index in [1.54, 1.807) is 23.1 Å². The van der Waals surface area contributed by atoms with Gasteiger partial charge in [-0.05, 0) is 24.6 Å². The number of rotatable bonds is 2. The van der Waals surface area contributed by atoms with E-state index in [4.69, 9.17) is 9.47 Å². The number of carbonyl (C=O) groups is 3. The molecule has 8 heteroatoms. The second kappa shape index (κ2) is 5.45. The van der Waals surface area contributed by atoms with Crippen LogP contribution >= 0.6 is 11.8 Å². The van der Waals surface area contributed by atoms with Crippen LogP contribution in [0.3, 0.4) is 0 Å². The van der Waals surface area contributed by atoms with Gasteiger partial charge in [-0.1, -0.05) is 11.8 Å². The molecule has 3 aliphatic heterocycles. The first kappa shape index (κ1) is 14.4. The molecule has 0 saturated carbocycles. The molecule has 2 fully saturated rings. The molecule has 3 heterocycles. The fourth-order valence-corrected chi connectivity index (χ4v) is 3.84. The summed E-state index contributed by atoms with van der Waals surface area (Å²) in [4.78, 5) is 39.2. The van der Waals surface area contributed by atoms with Crippen LogP contribution in [0.1, 0.15) is 16.8 Å². The number of carbonyl (C=O) groups excluding carboxylic acids is 3. The molecular weight excluding hydrogens is 320 g/mol. The van der Waals surface area contributed by atoms with E-state index in [0.717, 1.165) is 11.8 Å². The van der Waals surface area contributed by atoms with Crippen molar-refractivity contribution in [2.45, 2.75) is 12.5 Å². The zero-order chi connectivity index (χ0) is 16.0. The summed E-state index contributed by atoms with van der Waals surface area (Å²) in [6, 6.07) is 4.86. The molecule has 1 atom stereocenters. The summed E-state index contributed by atoms with van der Waals surface area (Å²) in [5, 5.41) is -0.211. The average molecular weight is 334 g/mol. The van der Waals surface area contributed by atoms with Gasteiger partial charge < -0.3 is 14.4 Å². The first-order chi connectivity index (χ1) is 11.1. The Balaban J connectivity index is 1.48. The van der Waals surface area contributed by atoms with Gasteiger partial charge in [-0.2, -0.15) is 0 Å². The largest absolute Gasteiger partial charge is 0.454 e. The van der Waals surface area contributed by atoms with Crippen molar-refractivity contribution < 1.29 is 23.9 Å². The lowest BCUT2D eigenvalue weighted by Gasteiger charge is -2.22. The topological polar surface area (TPSA) is 76.2 Å².